The molecule has 3 nitrogen and oxygen atoms in total. The number of nitrogens with zero attached hydrogens (tertiary/aromatic N) is 1. The van der Waals surface area contributed by atoms with Crippen LogP contribution in [0.2, 0.25) is 5.28 Å². The van der Waals surface area contributed by atoms with E-state index in [0.29, 0.717) is 0 Å². The fourth-order valence-electron chi connectivity index (χ4n) is 1.13. The fourth-order valence-corrected chi connectivity index (χ4v) is 2.30. The molecule has 80 valence electrons. The molecular formula is C7H2ClF3N2OS. The summed E-state index contributed by atoms with van der Waals surface area (Å²) in [7, 11) is 0. The normalized spacial score (nSPS) is 12.3. The van der Waals surface area contributed by atoms with E-state index in [1.54, 1.807) is 0 Å². The maximum Gasteiger partial charge on any atom is 0.418 e. The monoisotopic (exact) mass is 254 g/mol. The minimum Gasteiger partial charge on any atom is -0.297 e. The predicted octanol–water partition coefficient (Wildman–Crippen LogP) is 2.66. The number of aromatic nitrogens is 2. The van der Waals surface area contributed by atoms with Crippen molar-refractivity contribution in [3.63, 3.8) is 0 Å². The van der Waals surface area contributed by atoms with Gasteiger partial charge in [0.1, 0.15) is 4.83 Å². The molecule has 0 aliphatic heterocycles. The Kier molecular flexibility index (Phi) is 2.23. The van der Waals surface area contributed by atoms with Crippen LogP contribution in [0.1, 0.15) is 5.56 Å². The van der Waals surface area contributed by atoms with Gasteiger partial charge in [-0.05, 0) is 11.6 Å². The summed E-state index contributed by atoms with van der Waals surface area (Å²) in [6.45, 7) is 0. The molecule has 2 rings (SSSR count). The number of hydrogen-bond donors (Lipinski definition) is 1. The van der Waals surface area contributed by atoms with Crippen molar-refractivity contribution in [2.75, 3.05) is 0 Å². The van der Waals surface area contributed by atoms with Gasteiger partial charge >= 0.3 is 6.18 Å². The lowest BCUT2D eigenvalue weighted by atomic mass is 10.2. The van der Waals surface area contributed by atoms with Crippen molar-refractivity contribution < 1.29 is 13.2 Å². The molecule has 1 N–H and O–H groups in total. The highest BCUT2D eigenvalue weighted by atomic mass is 35.5. The Labute approximate surface area is 89.5 Å². The highest BCUT2D eigenvalue weighted by molar-refractivity contribution is 7.16. The molecule has 2 aromatic rings. The predicted molar refractivity (Wildman–Crippen MR) is 50.3 cm³/mol. The van der Waals surface area contributed by atoms with Gasteiger partial charge in [-0.15, -0.1) is 11.3 Å². The molecule has 2 heterocycles. The third-order valence-electron chi connectivity index (χ3n) is 1.72. The zero-order valence-corrected chi connectivity index (χ0v) is 8.43. The van der Waals surface area contributed by atoms with E-state index in [4.69, 9.17) is 11.6 Å². The van der Waals surface area contributed by atoms with Crippen LogP contribution in [0.4, 0.5) is 13.2 Å². The summed E-state index contributed by atoms with van der Waals surface area (Å²) in [4.78, 5) is 16.9. The zero-order valence-electron chi connectivity index (χ0n) is 6.85. The molecule has 0 aliphatic rings. The van der Waals surface area contributed by atoms with E-state index in [1.807, 2.05) is 4.98 Å². The zero-order chi connectivity index (χ0) is 11.2. The SMILES string of the molecule is O=c1[nH]c(Cl)nc2scc(C(F)(F)F)c12. The molecule has 0 radical (unpaired) electrons. The molecule has 8 heteroatoms. The Morgan fingerprint density at radius 1 is 1.47 bits per heavy atom. The van der Waals surface area contributed by atoms with Crippen LogP contribution in [-0.2, 0) is 6.18 Å². The lowest BCUT2D eigenvalue weighted by Crippen LogP contribution is -2.12. The summed E-state index contributed by atoms with van der Waals surface area (Å²) in [6.07, 6.45) is -4.55. The first-order valence-corrected chi connectivity index (χ1v) is 4.89. The van der Waals surface area contributed by atoms with Gasteiger partial charge < -0.3 is 0 Å². The minimum atomic E-state index is -4.55. The van der Waals surface area contributed by atoms with E-state index in [9.17, 15) is 18.0 Å². The van der Waals surface area contributed by atoms with Crippen molar-refractivity contribution in [3.05, 3.63) is 26.6 Å². The second-order valence-electron chi connectivity index (χ2n) is 2.68. The number of H-pyrrole nitrogens is 1. The number of aromatic amines is 1. The van der Waals surface area contributed by atoms with Crippen LogP contribution in [0.5, 0.6) is 0 Å². The van der Waals surface area contributed by atoms with Crippen LogP contribution >= 0.6 is 22.9 Å². The molecule has 0 amide bonds. The summed E-state index contributed by atoms with van der Waals surface area (Å²) in [5.74, 6) is 0. The molecule has 0 aromatic carbocycles. The molecule has 0 bridgehead atoms. The Morgan fingerprint density at radius 3 is 2.73 bits per heavy atom. The van der Waals surface area contributed by atoms with Gasteiger partial charge in [-0.1, -0.05) is 0 Å². The van der Waals surface area contributed by atoms with Crippen LogP contribution in [-0.4, -0.2) is 9.97 Å². The molecule has 0 unspecified atom stereocenters. The first-order valence-electron chi connectivity index (χ1n) is 3.64. The number of rotatable bonds is 0. The third kappa shape index (κ3) is 1.72. The van der Waals surface area contributed by atoms with E-state index >= 15 is 0 Å². The molecule has 0 fully saturated rings. The quantitative estimate of drug-likeness (QED) is 0.735. The average molecular weight is 255 g/mol. The average Bonchev–Trinajstić information content (AvgIpc) is 2.45. The van der Waals surface area contributed by atoms with Crippen molar-refractivity contribution in [1.82, 2.24) is 9.97 Å². The Morgan fingerprint density at radius 2 is 2.13 bits per heavy atom. The molecule has 0 spiro atoms. The van der Waals surface area contributed by atoms with Crippen molar-refractivity contribution in [2.45, 2.75) is 6.18 Å². The van der Waals surface area contributed by atoms with E-state index in [0.717, 1.165) is 16.7 Å². The van der Waals surface area contributed by atoms with Gasteiger partial charge in [0, 0.05) is 5.38 Å². The highest BCUT2D eigenvalue weighted by Crippen LogP contribution is 2.36. The largest absolute Gasteiger partial charge is 0.418 e. The van der Waals surface area contributed by atoms with Gasteiger partial charge in [-0.3, -0.25) is 9.78 Å². The lowest BCUT2D eigenvalue weighted by Gasteiger charge is -2.02. The summed E-state index contributed by atoms with van der Waals surface area (Å²) < 4.78 is 37.3. The summed E-state index contributed by atoms with van der Waals surface area (Å²) >= 11 is 6.14. The van der Waals surface area contributed by atoms with E-state index in [1.165, 1.54) is 0 Å². The number of alkyl halides is 3. The molecule has 15 heavy (non-hydrogen) atoms. The Balaban J connectivity index is 2.87. The smallest absolute Gasteiger partial charge is 0.297 e. The van der Waals surface area contributed by atoms with Crippen molar-refractivity contribution in [3.8, 4) is 0 Å². The maximum atomic E-state index is 12.4. The topological polar surface area (TPSA) is 45.8 Å². The van der Waals surface area contributed by atoms with Crippen molar-refractivity contribution >= 4 is 33.2 Å². The number of fused-ring (bicyclic) bond motifs is 1. The summed E-state index contributed by atoms with van der Waals surface area (Å²) in [5.41, 5.74) is -1.86. The van der Waals surface area contributed by atoms with Crippen molar-refractivity contribution in [1.29, 1.82) is 0 Å². The van der Waals surface area contributed by atoms with Crippen LogP contribution < -0.4 is 5.56 Å². The molecule has 0 aliphatic carbocycles. The van der Waals surface area contributed by atoms with Gasteiger partial charge in [0.2, 0.25) is 5.28 Å². The number of thiophene rings is 1. The van der Waals surface area contributed by atoms with Gasteiger partial charge in [0.25, 0.3) is 5.56 Å². The third-order valence-corrected chi connectivity index (χ3v) is 2.77. The van der Waals surface area contributed by atoms with Crippen LogP contribution in [0, 0.1) is 0 Å². The standard InChI is InChI=1S/C7H2ClF3N2OS/c8-6-12-4(14)3-2(7(9,10)11)1-15-5(3)13-6/h1H,(H,12,13,14). The van der Waals surface area contributed by atoms with E-state index in [2.05, 4.69) is 4.98 Å². The van der Waals surface area contributed by atoms with Crippen LogP contribution in [0.15, 0.2) is 10.2 Å². The highest BCUT2D eigenvalue weighted by Gasteiger charge is 2.35. The van der Waals surface area contributed by atoms with Gasteiger partial charge in [-0.2, -0.15) is 13.2 Å². The molecule has 0 atom stereocenters. The Bertz CT molecular complexity index is 574. The van der Waals surface area contributed by atoms with Gasteiger partial charge in [0.05, 0.1) is 10.9 Å². The summed E-state index contributed by atoms with van der Waals surface area (Å²) in [6, 6.07) is 0. The number of halogens is 4. The first kappa shape index (κ1) is 10.4. The second kappa shape index (κ2) is 3.21. The maximum absolute atomic E-state index is 12.4. The summed E-state index contributed by atoms with van der Waals surface area (Å²) in [5, 5.41) is 0.170. The minimum absolute atomic E-state index is 0.0175. The molecule has 0 saturated heterocycles. The molecule has 0 saturated carbocycles. The van der Waals surface area contributed by atoms with E-state index in [-0.39, 0.29) is 10.1 Å². The number of nitrogens with one attached hydrogen (secondary N) is 1. The molecule has 2 aromatic heterocycles. The van der Waals surface area contributed by atoms with Crippen LogP contribution in [0.3, 0.4) is 0 Å². The van der Waals surface area contributed by atoms with Crippen molar-refractivity contribution in [2.24, 2.45) is 0 Å². The fraction of sp³-hybridized carbons (Fsp3) is 0.143. The number of hydrogen-bond acceptors (Lipinski definition) is 3. The molecular weight excluding hydrogens is 253 g/mol. The first-order chi connectivity index (χ1) is 6.89. The van der Waals surface area contributed by atoms with Gasteiger partial charge in [0.15, 0.2) is 0 Å². The Hall–Kier alpha value is -1.08. The van der Waals surface area contributed by atoms with Gasteiger partial charge in [-0.25, -0.2) is 4.98 Å². The van der Waals surface area contributed by atoms with Crippen LogP contribution in [0.25, 0.3) is 10.2 Å². The van der Waals surface area contributed by atoms with E-state index < -0.39 is 22.7 Å². The lowest BCUT2D eigenvalue weighted by molar-refractivity contribution is -0.136. The second-order valence-corrected chi connectivity index (χ2v) is 3.90.